The van der Waals surface area contributed by atoms with Crippen LogP contribution in [0.5, 0.6) is 0 Å². The van der Waals surface area contributed by atoms with Crippen molar-refractivity contribution < 1.29 is 0 Å². The summed E-state index contributed by atoms with van der Waals surface area (Å²) in [5.74, 6) is 0.786. The summed E-state index contributed by atoms with van der Waals surface area (Å²) < 4.78 is 3.73. The van der Waals surface area contributed by atoms with E-state index in [1.807, 2.05) is 5.38 Å². The van der Waals surface area contributed by atoms with Gasteiger partial charge in [0.05, 0.1) is 5.38 Å². The number of nitrogens with one attached hydrogen (secondary N) is 1. The number of nitrogens with zero attached hydrogens (tertiary/aromatic N) is 4. The van der Waals surface area contributed by atoms with Gasteiger partial charge in [-0.3, -0.25) is 0 Å². The van der Waals surface area contributed by atoms with Crippen molar-refractivity contribution in [2.75, 3.05) is 5.32 Å². The van der Waals surface area contributed by atoms with Crippen LogP contribution in [-0.4, -0.2) is 19.6 Å². The third kappa shape index (κ3) is 2.19. The molecule has 2 heterocycles. The Morgan fingerprint density at radius 3 is 2.85 bits per heavy atom. The van der Waals surface area contributed by atoms with E-state index in [0.717, 1.165) is 11.4 Å². The molecule has 1 N–H and O–H groups in total. The third-order valence-corrected chi connectivity index (χ3v) is 1.95. The van der Waals surface area contributed by atoms with Crippen molar-refractivity contribution in [3.05, 3.63) is 29.7 Å². The summed E-state index contributed by atoms with van der Waals surface area (Å²) in [4.78, 5) is 7.80. The van der Waals surface area contributed by atoms with Crippen LogP contribution in [0.3, 0.4) is 0 Å². The van der Waals surface area contributed by atoms with Gasteiger partial charge in [-0.05, 0) is 11.5 Å². The minimum absolute atomic E-state index is 0.673. The zero-order valence-corrected chi connectivity index (χ0v) is 7.53. The largest absolute Gasteiger partial charge is 0.364 e. The van der Waals surface area contributed by atoms with Gasteiger partial charge in [0.1, 0.15) is 6.33 Å². The van der Waals surface area contributed by atoms with E-state index in [0.29, 0.717) is 6.54 Å². The van der Waals surface area contributed by atoms with Gasteiger partial charge >= 0.3 is 0 Å². The maximum Gasteiger partial charge on any atom is 0.161 e. The van der Waals surface area contributed by atoms with Crippen molar-refractivity contribution in [2.24, 2.45) is 0 Å². The molecule has 2 rings (SSSR count). The van der Waals surface area contributed by atoms with Crippen molar-refractivity contribution in [2.45, 2.75) is 6.54 Å². The quantitative estimate of drug-likeness (QED) is 0.786. The first kappa shape index (κ1) is 8.06. The Morgan fingerprint density at radius 1 is 1.31 bits per heavy atom. The van der Waals surface area contributed by atoms with E-state index in [1.165, 1.54) is 17.9 Å². The molecule has 0 saturated heterocycles. The van der Waals surface area contributed by atoms with Crippen LogP contribution in [0.15, 0.2) is 24.1 Å². The lowest BCUT2D eigenvalue weighted by atomic mass is 10.3. The standard InChI is InChI=1S/C7H7N5S/c1-6(2-9-5-8-1)3-10-7-4-13-12-11-7/h1-2,4-5,10H,3H2. The topological polar surface area (TPSA) is 63.6 Å². The molecule has 0 aromatic carbocycles. The van der Waals surface area contributed by atoms with Gasteiger partial charge in [-0.15, -0.1) is 5.10 Å². The predicted molar refractivity (Wildman–Crippen MR) is 49.3 cm³/mol. The van der Waals surface area contributed by atoms with Gasteiger partial charge in [0.2, 0.25) is 0 Å². The lowest BCUT2D eigenvalue weighted by Crippen LogP contribution is -2.00. The van der Waals surface area contributed by atoms with E-state index in [1.54, 1.807) is 12.4 Å². The highest BCUT2D eigenvalue weighted by Gasteiger charge is 1.95. The van der Waals surface area contributed by atoms with Crippen LogP contribution in [-0.2, 0) is 6.54 Å². The Kier molecular flexibility index (Phi) is 2.42. The minimum atomic E-state index is 0.673. The highest BCUT2D eigenvalue weighted by molar-refractivity contribution is 7.03. The van der Waals surface area contributed by atoms with Gasteiger partial charge in [-0.25, -0.2) is 9.97 Å². The molecule has 0 aliphatic rings. The van der Waals surface area contributed by atoms with Crippen LogP contribution < -0.4 is 5.32 Å². The van der Waals surface area contributed by atoms with E-state index in [9.17, 15) is 0 Å². The average Bonchev–Trinajstić information content (AvgIpc) is 2.69. The van der Waals surface area contributed by atoms with Crippen molar-refractivity contribution in [3.8, 4) is 0 Å². The number of anilines is 1. The molecule has 0 bridgehead atoms. The fourth-order valence-corrected chi connectivity index (χ4v) is 1.27. The van der Waals surface area contributed by atoms with Crippen molar-refractivity contribution in [1.82, 2.24) is 19.6 Å². The molecule has 0 aliphatic carbocycles. The maximum absolute atomic E-state index is 3.90. The molecule has 66 valence electrons. The lowest BCUT2D eigenvalue weighted by molar-refractivity contribution is 1.03. The second kappa shape index (κ2) is 3.90. The van der Waals surface area contributed by atoms with Crippen LogP contribution in [0.1, 0.15) is 5.56 Å². The normalized spacial score (nSPS) is 9.85. The fourth-order valence-electron chi connectivity index (χ4n) is 0.856. The molecule has 13 heavy (non-hydrogen) atoms. The first-order valence-corrected chi connectivity index (χ1v) is 4.53. The van der Waals surface area contributed by atoms with E-state index in [2.05, 4.69) is 24.9 Å². The van der Waals surface area contributed by atoms with Crippen LogP contribution in [0.2, 0.25) is 0 Å². The van der Waals surface area contributed by atoms with Crippen LogP contribution >= 0.6 is 11.5 Å². The molecule has 0 radical (unpaired) electrons. The smallest absolute Gasteiger partial charge is 0.161 e. The summed E-state index contributed by atoms with van der Waals surface area (Å²) in [6.45, 7) is 0.673. The highest BCUT2D eigenvalue weighted by atomic mass is 32.1. The number of hydrogen-bond donors (Lipinski definition) is 1. The zero-order chi connectivity index (χ0) is 8.93. The monoisotopic (exact) mass is 193 g/mol. The minimum Gasteiger partial charge on any atom is -0.364 e. The number of rotatable bonds is 3. The molecule has 0 atom stereocenters. The Balaban J connectivity index is 1.94. The van der Waals surface area contributed by atoms with E-state index in [-0.39, 0.29) is 0 Å². The summed E-state index contributed by atoms with van der Waals surface area (Å²) in [5, 5.41) is 8.80. The number of hydrogen-bond acceptors (Lipinski definition) is 6. The van der Waals surface area contributed by atoms with Crippen molar-refractivity contribution in [1.29, 1.82) is 0 Å². The van der Waals surface area contributed by atoms with Gasteiger partial charge in [0.25, 0.3) is 0 Å². The molecular weight excluding hydrogens is 186 g/mol. The summed E-state index contributed by atoms with van der Waals surface area (Å²) in [5.41, 5.74) is 1.02. The molecule has 2 aromatic heterocycles. The first-order chi connectivity index (χ1) is 6.45. The summed E-state index contributed by atoms with van der Waals surface area (Å²) in [6.07, 6.45) is 5.04. The van der Waals surface area contributed by atoms with Crippen molar-refractivity contribution >= 4 is 17.4 Å². The van der Waals surface area contributed by atoms with Crippen LogP contribution in [0.4, 0.5) is 5.82 Å². The fraction of sp³-hybridized carbons (Fsp3) is 0.143. The molecule has 6 heteroatoms. The Labute approximate surface area is 79.0 Å². The molecule has 0 fully saturated rings. The first-order valence-electron chi connectivity index (χ1n) is 3.70. The number of aromatic nitrogens is 4. The molecule has 0 amide bonds. The molecule has 0 aliphatic heterocycles. The maximum atomic E-state index is 3.90. The lowest BCUT2D eigenvalue weighted by Gasteiger charge is -1.99. The Morgan fingerprint density at radius 2 is 2.15 bits per heavy atom. The van der Waals surface area contributed by atoms with Crippen LogP contribution in [0, 0.1) is 0 Å². The molecule has 5 nitrogen and oxygen atoms in total. The second-order valence-corrected chi connectivity index (χ2v) is 3.00. The Hall–Kier alpha value is -1.56. The molecule has 0 saturated carbocycles. The van der Waals surface area contributed by atoms with Gasteiger partial charge < -0.3 is 5.32 Å². The van der Waals surface area contributed by atoms with E-state index in [4.69, 9.17) is 0 Å². The van der Waals surface area contributed by atoms with Crippen molar-refractivity contribution in [3.63, 3.8) is 0 Å². The molecule has 0 spiro atoms. The second-order valence-electron chi connectivity index (χ2n) is 2.39. The Bertz CT molecular complexity index is 346. The van der Waals surface area contributed by atoms with Crippen LogP contribution in [0.25, 0.3) is 0 Å². The SMILES string of the molecule is c1ncc(CNc2csnn2)cn1. The predicted octanol–water partition coefficient (Wildman–Crippen LogP) is 0.940. The zero-order valence-electron chi connectivity index (χ0n) is 6.71. The van der Waals surface area contributed by atoms with Gasteiger partial charge in [0, 0.05) is 24.5 Å². The summed E-state index contributed by atoms with van der Waals surface area (Å²) >= 11 is 1.32. The summed E-state index contributed by atoms with van der Waals surface area (Å²) in [7, 11) is 0. The van der Waals surface area contributed by atoms with Gasteiger partial charge in [0.15, 0.2) is 5.82 Å². The summed E-state index contributed by atoms with van der Waals surface area (Å²) in [6, 6.07) is 0. The van der Waals surface area contributed by atoms with E-state index < -0.39 is 0 Å². The third-order valence-electron chi connectivity index (χ3n) is 1.45. The van der Waals surface area contributed by atoms with Gasteiger partial charge in [-0.2, -0.15) is 0 Å². The molecule has 0 unspecified atom stereocenters. The highest BCUT2D eigenvalue weighted by Crippen LogP contribution is 2.05. The van der Waals surface area contributed by atoms with E-state index >= 15 is 0 Å². The average molecular weight is 193 g/mol. The van der Waals surface area contributed by atoms with Gasteiger partial charge in [-0.1, -0.05) is 4.49 Å². The molecule has 2 aromatic rings. The molecular formula is C7H7N5S.